The summed E-state index contributed by atoms with van der Waals surface area (Å²) >= 11 is 3.35. The lowest BCUT2D eigenvalue weighted by molar-refractivity contribution is 0.171. The van der Waals surface area contributed by atoms with Crippen LogP contribution in [0.3, 0.4) is 0 Å². The first-order valence-corrected chi connectivity index (χ1v) is 9.52. The average molecular weight is 391 g/mol. The van der Waals surface area contributed by atoms with E-state index < -0.39 is 10.0 Å². The molecule has 1 saturated heterocycles. The van der Waals surface area contributed by atoms with E-state index in [1.165, 1.54) is 4.31 Å². The van der Waals surface area contributed by atoms with Crippen LogP contribution in [0, 0.1) is 0 Å². The van der Waals surface area contributed by atoms with Gasteiger partial charge < -0.3 is 14.8 Å². The van der Waals surface area contributed by atoms with Crippen molar-refractivity contribution in [3.8, 4) is 11.5 Å². The van der Waals surface area contributed by atoms with Gasteiger partial charge in [0.05, 0.1) is 0 Å². The molecule has 0 saturated carbocycles. The number of ether oxygens (including phenoxy) is 2. The maximum absolute atomic E-state index is 12.9. The molecule has 2 heterocycles. The summed E-state index contributed by atoms with van der Waals surface area (Å²) < 4.78 is 38.9. The molecule has 0 spiro atoms. The zero-order valence-electron chi connectivity index (χ0n) is 12.3. The molecule has 0 aromatic heterocycles. The Kier molecular flexibility index (Phi) is 4.63. The van der Waals surface area contributed by atoms with E-state index >= 15 is 0 Å². The number of nitrogens with one attached hydrogen (secondary N) is 1. The normalized spacial score (nSPS) is 22.5. The standard InChI is InChI=1S/C14H19BrN2O4S/c1-16-10-3-2-4-17(9-10)22(18,19)14-8-13-12(7-11(14)15)20-5-6-21-13/h7-8,10,16H,2-6,9H2,1H3. The van der Waals surface area contributed by atoms with E-state index in [0.717, 1.165) is 12.8 Å². The topological polar surface area (TPSA) is 67.9 Å². The van der Waals surface area contributed by atoms with E-state index in [1.54, 1.807) is 12.1 Å². The van der Waals surface area contributed by atoms with Crippen molar-refractivity contribution in [2.75, 3.05) is 33.4 Å². The van der Waals surface area contributed by atoms with Crippen LogP contribution in [0.25, 0.3) is 0 Å². The molecule has 1 N–H and O–H groups in total. The van der Waals surface area contributed by atoms with E-state index in [2.05, 4.69) is 21.2 Å². The summed E-state index contributed by atoms with van der Waals surface area (Å²) in [5, 5.41) is 3.16. The molecule has 22 heavy (non-hydrogen) atoms. The Morgan fingerprint density at radius 1 is 1.27 bits per heavy atom. The minimum Gasteiger partial charge on any atom is -0.486 e. The molecule has 1 unspecified atom stereocenters. The Labute approximate surface area is 139 Å². The van der Waals surface area contributed by atoms with Crippen LogP contribution >= 0.6 is 15.9 Å². The number of sulfonamides is 1. The monoisotopic (exact) mass is 390 g/mol. The molecule has 1 aromatic carbocycles. The van der Waals surface area contributed by atoms with Gasteiger partial charge in [-0.1, -0.05) is 0 Å². The quantitative estimate of drug-likeness (QED) is 0.848. The van der Waals surface area contributed by atoms with Crippen molar-refractivity contribution in [1.29, 1.82) is 0 Å². The van der Waals surface area contributed by atoms with Gasteiger partial charge in [0.1, 0.15) is 18.1 Å². The lowest BCUT2D eigenvalue weighted by Gasteiger charge is -2.32. The molecule has 2 aliphatic rings. The van der Waals surface area contributed by atoms with Crippen LogP contribution in [0.15, 0.2) is 21.5 Å². The molecule has 8 heteroatoms. The van der Waals surface area contributed by atoms with Crippen molar-refractivity contribution in [1.82, 2.24) is 9.62 Å². The van der Waals surface area contributed by atoms with Crippen LogP contribution < -0.4 is 14.8 Å². The van der Waals surface area contributed by atoms with Crippen molar-refractivity contribution in [3.63, 3.8) is 0 Å². The molecule has 1 fully saturated rings. The lowest BCUT2D eigenvalue weighted by Crippen LogP contribution is -2.46. The molecule has 6 nitrogen and oxygen atoms in total. The predicted octanol–water partition coefficient (Wildman–Crippen LogP) is 1.59. The number of likely N-dealkylation sites (N-methyl/N-ethyl adjacent to an activating group) is 1. The van der Waals surface area contributed by atoms with Gasteiger partial charge in [-0.25, -0.2) is 8.42 Å². The van der Waals surface area contributed by atoms with Crippen molar-refractivity contribution >= 4 is 26.0 Å². The fourth-order valence-corrected chi connectivity index (χ4v) is 5.30. The molecule has 0 bridgehead atoms. The molecule has 122 valence electrons. The van der Waals surface area contributed by atoms with Crippen molar-refractivity contribution in [3.05, 3.63) is 16.6 Å². The number of hydrogen-bond acceptors (Lipinski definition) is 5. The lowest BCUT2D eigenvalue weighted by atomic mass is 10.1. The third-order valence-corrected chi connectivity index (χ3v) is 6.83. The Balaban J connectivity index is 1.95. The Hall–Kier alpha value is -0.830. The molecule has 1 aromatic rings. The summed E-state index contributed by atoms with van der Waals surface area (Å²) in [6.07, 6.45) is 1.84. The number of piperidine rings is 1. The van der Waals surface area contributed by atoms with Crippen molar-refractivity contribution in [2.24, 2.45) is 0 Å². The summed E-state index contributed by atoms with van der Waals surface area (Å²) in [5.74, 6) is 1.05. The second-order valence-electron chi connectivity index (χ2n) is 5.42. The molecular weight excluding hydrogens is 372 g/mol. The van der Waals surface area contributed by atoms with E-state index in [0.29, 0.717) is 42.3 Å². The van der Waals surface area contributed by atoms with Crippen LogP contribution in [0.5, 0.6) is 11.5 Å². The average Bonchev–Trinajstić information content (AvgIpc) is 2.54. The minimum absolute atomic E-state index is 0.194. The third-order valence-electron chi connectivity index (χ3n) is 4.01. The predicted molar refractivity (Wildman–Crippen MR) is 86.0 cm³/mol. The molecule has 2 aliphatic heterocycles. The molecule has 0 aliphatic carbocycles. The van der Waals surface area contributed by atoms with Gasteiger partial charge in [0, 0.05) is 29.7 Å². The second kappa shape index (κ2) is 6.35. The van der Waals surface area contributed by atoms with Gasteiger partial charge in [-0.2, -0.15) is 4.31 Å². The number of fused-ring (bicyclic) bond motifs is 1. The number of rotatable bonds is 3. The summed E-state index contributed by atoms with van der Waals surface area (Å²) in [7, 11) is -1.70. The van der Waals surface area contributed by atoms with Crippen molar-refractivity contribution in [2.45, 2.75) is 23.8 Å². The van der Waals surface area contributed by atoms with Gasteiger partial charge in [0.15, 0.2) is 11.5 Å². The minimum atomic E-state index is -3.56. The Bertz CT molecular complexity index is 665. The van der Waals surface area contributed by atoms with Gasteiger partial charge >= 0.3 is 0 Å². The maximum Gasteiger partial charge on any atom is 0.244 e. The maximum atomic E-state index is 12.9. The number of nitrogens with zero attached hydrogens (tertiary/aromatic N) is 1. The van der Waals surface area contributed by atoms with Gasteiger partial charge in [0.25, 0.3) is 0 Å². The largest absolute Gasteiger partial charge is 0.486 e. The summed E-state index contributed by atoms with van der Waals surface area (Å²) in [4.78, 5) is 0.230. The Morgan fingerprint density at radius 2 is 1.95 bits per heavy atom. The highest BCUT2D eigenvalue weighted by Gasteiger charge is 2.32. The second-order valence-corrected chi connectivity index (χ2v) is 8.18. The highest BCUT2D eigenvalue weighted by molar-refractivity contribution is 9.10. The van der Waals surface area contributed by atoms with Gasteiger partial charge in [-0.15, -0.1) is 0 Å². The van der Waals surface area contributed by atoms with E-state index in [9.17, 15) is 8.42 Å². The van der Waals surface area contributed by atoms with Crippen LogP contribution in [-0.2, 0) is 10.0 Å². The number of benzene rings is 1. The van der Waals surface area contributed by atoms with Crippen LogP contribution in [0.2, 0.25) is 0 Å². The first kappa shape index (κ1) is 16.0. The summed E-state index contributed by atoms with van der Waals surface area (Å²) in [6, 6.07) is 3.41. The fraction of sp³-hybridized carbons (Fsp3) is 0.571. The summed E-state index contributed by atoms with van der Waals surface area (Å²) in [5.41, 5.74) is 0. The van der Waals surface area contributed by atoms with E-state index in [-0.39, 0.29) is 10.9 Å². The third kappa shape index (κ3) is 2.97. The van der Waals surface area contributed by atoms with Gasteiger partial charge in [-0.05, 0) is 41.9 Å². The first-order chi connectivity index (χ1) is 10.5. The molecule has 0 radical (unpaired) electrons. The molecule has 3 rings (SSSR count). The zero-order chi connectivity index (χ0) is 15.7. The fourth-order valence-electron chi connectivity index (χ4n) is 2.78. The number of hydrogen-bond donors (Lipinski definition) is 1. The van der Waals surface area contributed by atoms with E-state index in [4.69, 9.17) is 9.47 Å². The first-order valence-electron chi connectivity index (χ1n) is 7.29. The number of halogens is 1. The summed E-state index contributed by atoms with van der Waals surface area (Å²) in [6.45, 7) is 1.93. The van der Waals surface area contributed by atoms with Gasteiger partial charge in [-0.3, -0.25) is 0 Å². The zero-order valence-corrected chi connectivity index (χ0v) is 14.7. The smallest absolute Gasteiger partial charge is 0.244 e. The SMILES string of the molecule is CNC1CCCN(S(=O)(=O)c2cc3c(cc2Br)OCCO3)C1. The van der Waals surface area contributed by atoms with Crippen LogP contribution in [0.1, 0.15) is 12.8 Å². The van der Waals surface area contributed by atoms with Crippen molar-refractivity contribution < 1.29 is 17.9 Å². The van der Waals surface area contributed by atoms with E-state index in [1.807, 2.05) is 7.05 Å². The van der Waals surface area contributed by atoms with Crippen LogP contribution in [-0.4, -0.2) is 52.1 Å². The molecule has 1 atom stereocenters. The molecule has 0 amide bonds. The van der Waals surface area contributed by atoms with Crippen LogP contribution in [0.4, 0.5) is 0 Å². The Morgan fingerprint density at radius 3 is 2.64 bits per heavy atom. The highest BCUT2D eigenvalue weighted by atomic mass is 79.9. The molecular formula is C14H19BrN2O4S. The van der Waals surface area contributed by atoms with Gasteiger partial charge in [0.2, 0.25) is 10.0 Å². The highest BCUT2D eigenvalue weighted by Crippen LogP contribution is 2.38.